The smallest absolute Gasteiger partial charge is 0.0753 e. The minimum atomic E-state index is -0.0135. The Balaban J connectivity index is 1.96. The average molecular weight is 284 g/mol. The summed E-state index contributed by atoms with van der Waals surface area (Å²) in [5.41, 5.74) is 0.260. The van der Waals surface area contributed by atoms with Crippen LogP contribution in [0.15, 0.2) is 0 Å². The second-order valence-electron chi connectivity index (χ2n) is 7.51. The van der Waals surface area contributed by atoms with Crippen molar-refractivity contribution < 1.29 is 9.47 Å². The molecule has 0 aromatic rings. The zero-order valence-electron chi connectivity index (χ0n) is 13.7. The first-order valence-corrected chi connectivity index (χ1v) is 8.08. The van der Waals surface area contributed by atoms with E-state index in [-0.39, 0.29) is 11.0 Å². The number of morpholine rings is 1. The van der Waals surface area contributed by atoms with Gasteiger partial charge in [-0.25, -0.2) is 0 Å². The fourth-order valence-corrected chi connectivity index (χ4v) is 3.37. The summed E-state index contributed by atoms with van der Waals surface area (Å²) < 4.78 is 11.6. The van der Waals surface area contributed by atoms with Crippen molar-refractivity contribution in [3.63, 3.8) is 0 Å². The predicted octanol–water partition coefficient (Wildman–Crippen LogP) is 1.89. The summed E-state index contributed by atoms with van der Waals surface area (Å²) in [6, 6.07) is 0.537. The highest BCUT2D eigenvalue weighted by Gasteiger charge is 2.37. The van der Waals surface area contributed by atoms with Crippen LogP contribution in [0.2, 0.25) is 0 Å². The lowest BCUT2D eigenvalue weighted by Crippen LogP contribution is -2.55. The molecule has 4 heteroatoms. The maximum absolute atomic E-state index is 5.83. The van der Waals surface area contributed by atoms with Crippen molar-refractivity contribution in [3.05, 3.63) is 0 Å². The molecule has 2 aliphatic rings. The standard InChI is InChI=1S/C16H32N2O2/c1-14(2)17-10-16(6-5-8-19-13-16)12-18-7-9-20-15(3,4)11-18/h14,17H,5-13H2,1-4H3. The van der Waals surface area contributed by atoms with Crippen molar-refractivity contribution in [1.29, 1.82) is 0 Å². The van der Waals surface area contributed by atoms with Gasteiger partial charge in [0.1, 0.15) is 0 Å². The van der Waals surface area contributed by atoms with Gasteiger partial charge in [0.15, 0.2) is 0 Å². The van der Waals surface area contributed by atoms with Crippen molar-refractivity contribution in [3.8, 4) is 0 Å². The normalized spacial score (nSPS) is 31.6. The molecule has 1 N–H and O–H groups in total. The van der Waals surface area contributed by atoms with E-state index >= 15 is 0 Å². The SMILES string of the molecule is CC(C)NCC1(CN2CCOC(C)(C)C2)CCCOC1. The van der Waals surface area contributed by atoms with E-state index in [4.69, 9.17) is 9.47 Å². The molecule has 0 aliphatic carbocycles. The number of nitrogens with one attached hydrogen (secondary N) is 1. The number of nitrogens with zero attached hydrogens (tertiary/aromatic N) is 1. The van der Waals surface area contributed by atoms with Gasteiger partial charge in [-0.1, -0.05) is 13.8 Å². The van der Waals surface area contributed by atoms with Gasteiger partial charge in [-0.3, -0.25) is 4.90 Å². The lowest BCUT2D eigenvalue weighted by atomic mass is 9.81. The van der Waals surface area contributed by atoms with E-state index < -0.39 is 0 Å². The molecule has 2 aliphatic heterocycles. The largest absolute Gasteiger partial charge is 0.381 e. The average Bonchev–Trinajstić information content (AvgIpc) is 2.36. The molecular weight excluding hydrogens is 252 g/mol. The number of hydrogen-bond acceptors (Lipinski definition) is 4. The van der Waals surface area contributed by atoms with Crippen LogP contribution in [0.4, 0.5) is 0 Å². The first-order valence-electron chi connectivity index (χ1n) is 8.08. The zero-order valence-corrected chi connectivity index (χ0v) is 13.7. The van der Waals surface area contributed by atoms with E-state index in [0.717, 1.165) is 46.0 Å². The zero-order chi connectivity index (χ0) is 14.6. The molecule has 2 saturated heterocycles. The first-order chi connectivity index (χ1) is 9.41. The summed E-state index contributed by atoms with van der Waals surface area (Å²) in [6.45, 7) is 15.7. The van der Waals surface area contributed by atoms with E-state index in [9.17, 15) is 0 Å². The summed E-state index contributed by atoms with van der Waals surface area (Å²) in [5.74, 6) is 0. The molecule has 0 saturated carbocycles. The molecule has 2 fully saturated rings. The van der Waals surface area contributed by atoms with Crippen LogP contribution in [0.25, 0.3) is 0 Å². The second-order valence-corrected chi connectivity index (χ2v) is 7.51. The summed E-state index contributed by atoms with van der Waals surface area (Å²) in [5, 5.41) is 3.63. The molecule has 0 radical (unpaired) electrons. The summed E-state index contributed by atoms with van der Waals surface area (Å²) in [6.07, 6.45) is 2.46. The molecule has 2 heterocycles. The summed E-state index contributed by atoms with van der Waals surface area (Å²) in [7, 11) is 0. The highest BCUT2D eigenvalue weighted by Crippen LogP contribution is 2.31. The highest BCUT2D eigenvalue weighted by molar-refractivity contribution is 4.90. The van der Waals surface area contributed by atoms with E-state index in [1.54, 1.807) is 0 Å². The molecule has 0 bridgehead atoms. The van der Waals surface area contributed by atoms with Crippen LogP contribution < -0.4 is 5.32 Å². The van der Waals surface area contributed by atoms with Crippen molar-refractivity contribution in [2.75, 3.05) is 46.0 Å². The molecular formula is C16H32N2O2. The van der Waals surface area contributed by atoms with Gasteiger partial charge in [-0.2, -0.15) is 0 Å². The lowest BCUT2D eigenvalue weighted by molar-refractivity contribution is -0.106. The molecule has 4 nitrogen and oxygen atoms in total. The molecule has 118 valence electrons. The minimum Gasteiger partial charge on any atom is -0.381 e. The Labute approximate surface area is 124 Å². The summed E-state index contributed by atoms with van der Waals surface area (Å²) in [4.78, 5) is 2.57. The Morgan fingerprint density at radius 1 is 1.25 bits per heavy atom. The summed E-state index contributed by atoms with van der Waals surface area (Å²) >= 11 is 0. The molecule has 0 aromatic carbocycles. The van der Waals surface area contributed by atoms with Gasteiger partial charge in [0.05, 0.1) is 18.8 Å². The van der Waals surface area contributed by atoms with Crippen LogP contribution in [-0.2, 0) is 9.47 Å². The Hall–Kier alpha value is -0.160. The van der Waals surface area contributed by atoms with Crippen LogP contribution in [0.3, 0.4) is 0 Å². The van der Waals surface area contributed by atoms with Gasteiger partial charge < -0.3 is 14.8 Å². The maximum Gasteiger partial charge on any atom is 0.0753 e. The molecule has 2 rings (SSSR count). The predicted molar refractivity (Wildman–Crippen MR) is 82.1 cm³/mol. The Morgan fingerprint density at radius 3 is 2.65 bits per heavy atom. The van der Waals surface area contributed by atoms with Crippen molar-refractivity contribution in [2.24, 2.45) is 5.41 Å². The van der Waals surface area contributed by atoms with Gasteiger partial charge in [0, 0.05) is 44.2 Å². The first kappa shape index (κ1) is 16.2. The number of rotatable bonds is 5. The van der Waals surface area contributed by atoms with Gasteiger partial charge in [-0.15, -0.1) is 0 Å². The lowest BCUT2D eigenvalue weighted by Gasteiger charge is -2.45. The van der Waals surface area contributed by atoms with Crippen LogP contribution in [0, 0.1) is 5.41 Å². The second kappa shape index (κ2) is 6.73. The molecule has 1 atom stereocenters. The topological polar surface area (TPSA) is 33.7 Å². The Kier molecular flexibility index (Phi) is 5.46. The molecule has 0 spiro atoms. The Bertz CT molecular complexity index is 299. The highest BCUT2D eigenvalue weighted by atomic mass is 16.5. The van der Waals surface area contributed by atoms with Gasteiger partial charge in [0.25, 0.3) is 0 Å². The van der Waals surface area contributed by atoms with Crippen molar-refractivity contribution in [2.45, 2.75) is 52.2 Å². The third-order valence-electron chi connectivity index (χ3n) is 4.35. The van der Waals surface area contributed by atoms with Crippen LogP contribution in [0.5, 0.6) is 0 Å². The molecule has 0 amide bonds. The Morgan fingerprint density at radius 2 is 2.05 bits per heavy atom. The maximum atomic E-state index is 5.83. The van der Waals surface area contributed by atoms with E-state index in [1.165, 1.54) is 12.8 Å². The minimum absolute atomic E-state index is 0.0135. The van der Waals surface area contributed by atoms with Crippen molar-refractivity contribution in [1.82, 2.24) is 10.2 Å². The van der Waals surface area contributed by atoms with E-state index in [1.807, 2.05) is 0 Å². The number of ether oxygens (including phenoxy) is 2. The van der Waals surface area contributed by atoms with Crippen LogP contribution in [0.1, 0.15) is 40.5 Å². The van der Waals surface area contributed by atoms with Gasteiger partial charge in [-0.05, 0) is 26.7 Å². The van der Waals surface area contributed by atoms with E-state index in [2.05, 4.69) is 37.9 Å². The third kappa shape index (κ3) is 4.69. The molecule has 0 aromatic heterocycles. The quantitative estimate of drug-likeness (QED) is 0.836. The fraction of sp³-hybridized carbons (Fsp3) is 1.00. The molecule has 20 heavy (non-hydrogen) atoms. The van der Waals surface area contributed by atoms with Crippen LogP contribution >= 0.6 is 0 Å². The fourth-order valence-electron chi connectivity index (χ4n) is 3.37. The third-order valence-corrected chi connectivity index (χ3v) is 4.35. The van der Waals surface area contributed by atoms with Crippen LogP contribution in [-0.4, -0.2) is 62.5 Å². The number of hydrogen-bond donors (Lipinski definition) is 1. The van der Waals surface area contributed by atoms with E-state index in [0.29, 0.717) is 6.04 Å². The van der Waals surface area contributed by atoms with Gasteiger partial charge >= 0.3 is 0 Å². The van der Waals surface area contributed by atoms with Gasteiger partial charge in [0.2, 0.25) is 0 Å². The van der Waals surface area contributed by atoms with Crippen molar-refractivity contribution >= 4 is 0 Å². The molecule has 1 unspecified atom stereocenters. The monoisotopic (exact) mass is 284 g/mol.